The fourth-order valence-electron chi connectivity index (χ4n) is 5.52. The molecule has 10 heteroatoms. The minimum absolute atomic E-state index is 0.0431. The third-order valence-electron chi connectivity index (χ3n) is 8.12. The number of carbonyl (C=O) groups excluding carboxylic acids is 2. The van der Waals surface area contributed by atoms with Gasteiger partial charge in [-0.15, -0.1) is 0 Å². The second-order valence-corrected chi connectivity index (χ2v) is 12.1. The molecule has 4 aromatic rings. The molecule has 0 aliphatic carbocycles. The van der Waals surface area contributed by atoms with Gasteiger partial charge in [0.1, 0.15) is 29.2 Å². The van der Waals surface area contributed by atoms with Crippen LogP contribution in [-0.4, -0.2) is 65.7 Å². The number of halogens is 1. The van der Waals surface area contributed by atoms with Crippen molar-refractivity contribution in [2.45, 2.75) is 39.0 Å². The van der Waals surface area contributed by atoms with Crippen molar-refractivity contribution in [1.29, 1.82) is 0 Å². The van der Waals surface area contributed by atoms with Gasteiger partial charge >= 0.3 is 6.03 Å². The summed E-state index contributed by atoms with van der Waals surface area (Å²) in [6.45, 7) is 5.40. The zero-order valence-electron chi connectivity index (χ0n) is 26.9. The predicted octanol–water partition coefficient (Wildman–Crippen LogP) is 6.54. The number of amides is 3. The molecule has 1 aliphatic heterocycles. The molecule has 4 aromatic carbocycles. The van der Waals surface area contributed by atoms with Crippen LogP contribution in [0.15, 0.2) is 97.1 Å². The highest BCUT2D eigenvalue weighted by atomic mass is 19.1. The summed E-state index contributed by atoms with van der Waals surface area (Å²) in [5, 5.41) is 15.4. The molecule has 0 saturated carbocycles. The number of nitrogens with one attached hydrogen (secondary N) is 2. The van der Waals surface area contributed by atoms with E-state index in [1.807, 2.05) is 68.6 Å². The molecule has 1 heterocycles. The molecule has 0 radical (unpaired) electrons. The van der Waals surface area contributed by atoms with E-state index in [-0.39, 0.29) is 37.0 Å². The van der Waals surface area contributed by atoms with Gasteiger partial charge in [0.05, 0.1) is 19.1 Å². The van der Waals surface area contributed by atoms with Gasteiger partial charge in [0, 0.05) is 42.5 Å². The number of hydrogen-bond donors (Lipinski definition) is 3. The van der Waals surface area contributed by atoms with E-state index in [1.54, 1.807) is 23.1 Å². The lowest BCUT2D eigenvalue weighted by atomic mass is 10.0. The van der Waals surface area contributed by atoms with E-state index >= 15 is 0 Å². The number of aliphatic hydroxyl groups excluding tert-OH is 1. The van der Waals surface area contributed by atoms with Gasteiger partial charge in [0.15, 0.2) is 0 Å². The van der Waals surface area contributed by atoms with Gasteiger partial charge in [-0.05, 0) is 86.3 Å². The molecule has 3 N–H and O–H groups in total. The summed E-state index contributed by atoms with van der Waals surface area (Å²) >= 11 is 0. The van der Waals surface area contributed by atoms with Gasteiger partial charge in [0.25, 0.3) is 0 Å². The van der Waals surface area contributed by atoms with E-state index in [0.29, 0.717) is 42.3 Å². The monoisotopic (exact) mass is 640 g/mol. The Hall–Kier alpha value is -4.93. The first kappa shape index (κ1) is 33.4. The fraction of sp³-hybridized carbons (Fsp3) is 0.297. The quantitative estimate of drug-likeness (QED) is 0.182. The largest absolute Gasteiger partial charge is 0.488 e. The zero-order valence-corrected chi connectivity index (χ0v) is 26.9. The minimum Gasteiger partial charge on any atom is -0.488 e. The summed E-state index contributed by atoms with van der Waals surface area (Å²) in [6, 6.07) is 27.5. The molecule has 3 atom stereocenters. The van der Waals surface area contributed by atoms with Crippen LogP contribution in [0.2, 0.25) is 0 Å². The van der Waals surface area contributed by atoms with E-state index in [1.165, 1.54) is 24.3 Å². The Labute approximate surface area is 274 Å². The van der Waals surface area contributed by atoms with Crippen molar-refractivity contribution in [3.05, 3.63) is 114 Å². The van der Waals surface area contributed by atoms with Crippen molar-refractivity contribution in [3.63, 3.8) is 0 Å². The first-order valence-electron chi connectivity index (χ1n) is 15.7. The summed E-state index contributed by atoms with van der Waals surface area (Å²) in [5.41, 5.74) is 2.66. The van der Waals surface area contributed by atoms with Gasteiger partial charge in [-0.25, -0.2) is 9.18 Å². The molecular formula is C37H41FN4O5. The van der Waals surface area contributed by atoms with Crippen LogP contribution in [0.25, 0.3) is 0 Å². The molecule has 0 saturated heterocycles. The topological polar surface area (TPSA) is 103 Å². The highest BCUT2D eigenvalue weighted by molar-refractivity contribution is 6.00. The molecule has 5 rings (SSSR count). The van der Waals surface area contributed by atoms with E-state index in [0.717, 1.165) is 17.1 Å². The van der Waals surface area contributed by atoms with E-state index in [2.05, 4.69) is 22.5 Å². The Morgan fingerprint density at radius 3 is 2.36 bits per heavy atom. The molecule has 0 bridgehead atoms. The van der Waals surface area contributed by atoms with Crippen molar-refractivity contribution in [1.82, 2.24) is 9.80 Å². The molecule has 246 valence electrons. The maximum Gasteiger partial charge on any atom is 0.323 e. The SMILES string of the molecule is C[C@@H]1CN([C@@H](C)CO)C(=O)Cc2cc(NC(=O)Nc3ccc(F)cc3)ccc2O[C@@H]1CN(C)Cc1ccc(Oc2ccccc2)cc1. The number of likely N-dealkylation sites (N-methyl/N-ethyl adjacent to an activating group) is 1. The van der Waals surface area contributed by atoms with Crippen LogP contribution < -0.4 is 20.1 Å². The Morgan fingerprint density at radius 1 is 1.00 bits per heavy atom. The number of rotatable bonds is 10. The van der Waals surface area contributed by atoms with Crippen molar-refractivity contribution >= 4 is 23.3 Å². The number of benzene rings is 4. The second-order valence-electron chi connectivity index (χ2n) is 12.1. The molecule has 3 amide bonds. The van der Waals surface area contributed by atoms with Crippen LogP contribution in [-0.2, 0) is 17.8 Å². The predicted molar refractivity (Wildman–Crippen MR) is 180 cm³/mol. The van der Waals surface area contributed by atoms with Gasteiger partial charge in [-0.2, -0.15) is 0 Å². The second kappa shape index (κ2) is 15.6. The van der Waals surface area contributed by atoms with Crippen LogP contribution in [0.5, 0.6) is 17.2 Å². The van der Waals surface area contributed by atoms with Crippen molar-refractivity contribution in [2.24, 2.45) is 5.92 Å². The minimum atomic E-state index is -0.504. The van der Waals surface area contributed by atoms with Gasteiger partial charge in [-0.3, -0.25) is 9.69 Å². The Morgan fingerprint density at radius 2 is 1.66 bits per heavy atom. The van der Waals surface area contributed by atoms with Crippen LogP contribution in [0.3, 0.4) is 0 Å². The number of carbonyl (C=O) groups is 2. The fourth-order valence-corrected chi connectivity index (χ4v) is 5.52. The number of ether oxygens (including phenoxy) is 2. The summed E-state index contributed by atoms with van der Waals surface area (Å²) in [5.74, 6) is 1.52. The number of anilines is 2. The number of fused-ring (bicyclic) bond motifs is 1. The standard InChI is InChI=1S/C37H41FN4O5/c1-25-21-42(26(2)24-43)36(44)20-28-19-31(40-37(45)39-30-13-11-29(38)12-14-30)15-18-34(28)47-35(25)23-41(3)22-27-9-16-33(17-10-27)46-32-7-5-4-6-8-32/h4-19,25-26,35,43H,20-24H2,1-3H3,(H2,39,40,45)/t25-,26+,35-/m1/s1. The molecule has 0 unspecified atom stereocenters. The highest BCUT2D eigenvalue weighted by Gasteiger charge is 2.31. The van der Waals surface area contributed by atoms with Gasteiger partial charge in [-0.1, -0.05) is 37.3 Å². The average Bonchev–Trinajstić information content (AvgIpc) is 3.10. The number of hydrogen-bond acceptors (Lipinski definition) is 6. The summed E-state index contributed by atoms with van der Waals surface area (Å²) in [4.78, 5) is 30.1. The summed E-state index contributed by atoms with van der Waals surface area (Å²) in [6.07, 6.45) is -0.235. The molecule has 0 aromatic heterocycles. The first-order valence-corrected chi connectivity index (χ1v) is 15.7. The van der Waals surface area contributed by atoms with E-state index < -0.39 is 11.8 Å². The number of nitrogens with zero attached hydrogens (tertiary/aromatic N) is 2. The third kappa shape index (κ3) is 9.31. The lowest BCUT2D eigenvalue weighted by Crippen LogP contribution is -2.47. The highest BCUT2D eigenvalue weighted by Crippen LogP contribution is 2.30. The van der Waals surface area contributed by atoms with Crippen LogP contribution >= 0.6 is 0 Å². The zero-order chi connectivity index (χ0) is 33.3. The number of urea groups is 1. The smallest absolute Gasteiger partial charge is 0.323 e. The molecule has 0 fully saturated rings. The Bertz CT molecular complexity index is 1640. The van der Waals surface area contributed by atoms with Crippen molar-refractivity contribution in [3.8, 4) is 17.2 Å². The maximum atomic E-state index is 13.6. The van der Waals surface area contributed by atoms with Crippen LogP contribution in [0.1, 0.15) is 25.0 Å². The lowest BCUT2D eigenvalue weighted by molar-refractivity contribution is -0.134. The van der Waals surface area contributed by atoms with Crippen LogP contribution in [0.4, 0.5) is 20.6 Å². The van der Waals surface area contributed by atoms with Crippen molar-refractivity contribution < 1.29 is 28.6 Å². The van der Waals surface area contributed by atoms with Gasteiger partial charge < -0.3 is 30.1 Å². The maximum absolute atomic E-state index is 13.6. The lowest BCUT2D eigenvalue weighted by Gasteiger charge is -2.34. The van der Waals surface area contributed by atoms with Crippen LogP contribution in [0, 0.1) is 11.7 Å². The third-order valence-corrected chi connectivity index (χ3v) is 8.12. The van der Waals surface area contributed by atoms with E-state index in [4.69, 9.17) is 9.47 Å². The first-order chi connectivity index (χ1) is 22.7. The molecule has 47 heavy (non-hydrogen) atoms. The number of aliphatic hydroxyl groups is 1. The summed E-state index contributed by atoms with van der Waals surface area (Å²) < 4.78 is 25.8. The van der Waals surface area contributed by atoms with Gasteiger partial charge in [0.2, 0.25) is 5.91 Å². The average molecular weight is 641 g/mol. The normalized spacial score (nSPS) is 17.1. The molecule has 0 spiro atoms. The molecule has 1 aliphatic rings. The Kier molecular flexibility index (Phi) is 11.1. The summed E-state index contributed by atoms with van der Waals surface area (Å²) in [7, 11) is 2.03. The van der Waals surface area contributed by atoms with Crippen molar-refractivity contribution in [2.75, 3.05) is 37.4 Å². The molecular weight excluding hydrogens is 599 g/mol. The van der Waals surface area contributed by atoms with E-state index in [9.17, 15) is 19.1 Å². The Balaban J connectivity index is 1.30. The molecule has 9 nitrogen and oxygen atoms in total. The number of para-hydroxylation sites is 1.